The molecule has 2 rings (SSSR count). The number of aryl methyl sites for hydroxylation is 1. The molecule has 1 N–H and O–H groups in total. The van der Waals surface area contributed by atoms with Crippen molar-refractivity contribution >= 4 is 10.0 Å². The monoisotopic (exact) mass is 331 g/mol. The highest BCUT2D eigenvalue weighted by Gasteiger charge is 2.17. The number of nitrogens with one attached hydrogen (secondary N) is 1. The standard InChI is InChI=1S/C19H25NO2S/c1-19(2,3)17-11-13-18(14-12-17)23(21,22)20-15-7-10-16-8-5-4-6-9-16/h4-6,8-9,11-14,20H,7,10,15H2,1-3H3. The molecule has 0 saturated carbocycles. The van der Waals surface area contributed by atoms with Crippen molar-refractivity contribution in [1.82, 2.24) is 4.72 Å². The van der Waals surface area contributed by atoms with E-state index in [2.05, 4.69) is 37.6 Å². The molecular weight excluding hydrogens is 306 g/mol. The second-order valence-electron chi connectivity index (χ2n) is 6.76. The van der Waals surface area contributed by atoms with Crippen LogP contribution in [0.25, 0.3) is 0 Å². The highest BCUT2D eigenvalue weighted by molar-refractivity contribution is 7.89. The van der Waals surface area contributed by atoms with Gasteiger partial charge in [-0.15, -0.1) is 0 Å². The Balaban J connectivity index is 1.91. The lowest BCUT2D eigenvalue weighted by molar-refractivity contribution is 0.576. The molecule has 2 aromatic carbocycles. The molecule has 0 fully saturated rings. The zero-order chi connectivity index (χ0) is 16.9. The van der Waals surface area contributed by atoms with Gasteiger partial charge in [0, 0.05) is 6.54 Å². The molecular formula is C19H25NO2S. The van der Waals surface area contributed by atoms with E-state index in [1.54, 1.807) is 12.1 Å². The third kappa shape index (κ3) is 5.19. The Morgan fingerprint density at radius 2 is 1.52 bits per heavy atom. The third-order valence-corrected chi connectivity index (χ3v) is 5.28. The summed E-state index contributed by atoms with van der Waals surface area (Å²) in [5.41, 5.74) is 2.37. The van der Waals surface area contributed by atoms with Gasteiger partial charge in [-0.05, 0) is 41.5 Å². The predicted octanol–water partition coefficient (Wildman–Crippen LogP) is 3.90. The van der Waals surface area contributed by atoms with Gasteiger partial charge >= 0.3 is 0 Å². The lowest BCUT2D eigenvalue weighted by atomic mass is 9.87. The van der Waals surface area contributed by atoms with Crippen molar-refractivity contribution in [2.24, 2.45) is 0 Å². The fraction of sp³-hybridized carbons (Fsp3) is 0.368. The van der Waals surface area contributed by atoms with E-state index in [0.29, 0.717) is 11.4 Å². The quantitative estimate of drug-likeness (QED) is 0.816. The van der Waals surface area contributed by atoms with Crippen molar-refractivity contribution in [2.75, 3.05) is 6.54 Å². The Kier molecular flexibility index (Phi) is 5.60. The minimum Gasteiger partial charge on any atom is -0.211 e. The van der Waals surface area contributed by atoms with Crippen LogP contribution in [0.3, 0.4) is 0 Å². The van der Waals surface area contributed by atoms with Crippen LogP contribution in [0.2, 0.25) is 0 Å². The third-order valence-electron chi connectivity index (χ3n) is 3.81. The first-order chi connectivity index (χ1) is 10.8. The molecule has 0 saturated heterocycles. The lowest BCUT2D eigenvalue weighted by Crippen LogP contribution is -2.25. The minimum atomic E-state index is -3.43. The van der Waals surface area contributed by atoms with Gasteiger partial charge in [0.2, 0.25) is 10.0 Å². The van der Waals surface area contributed by atoms with E-state index in [1.807, 2.05) is 30.3 Å². The molecule has 0 aliphatic rings. The van der Waals surface area contributed by atoms with Crippen molar-refractivity contribution in [2.45, 2.75) is 43.9 Å². The Morgan fingerprint density at radius 1 is 0.913 bits per heavy atom. The molecule has 4 heteroatoms. The van der Waals surface area contributed by atoms with E-state index in [0.717, 1.165) is 18.4 Å². The molecule has 124 valence electrons. The fourth-order valence-corrected chi connectivity index (χ4v) is 3.44. The molecule has 0 aromatic heterocycles. The molecule has 0 atom stereocenters. The van der Waals surface area contributed by atoms with E-state index >= 15 is 0 Å². The molecule has 2 aromatic rings. The molecule has 0 heterocycles. The van der Waals surface area contributed by atoms with Gasteiger partial charge in [0.15, 0.2) is 0 Å². The van der Waals surface area contributed by atoms with Crippen molar-refractivity contribution in [3.8, 4) is 0 Å². The number of sulfonamides is 1. The van der Waals surface area contributed by atoms with E-state index in [4.69, 9.17) is 0 Å². The maximum Gasteiger partial charge on any atom is 0.240 e. The van der Waals surface area contributed by atoms with E-state index < -0.39 is 10.0 Å². The smallest absolute Gasteiger partial charge is 0.211 e. The Labute approximate surface area is 139 Å². The predicted molar refractivity (Wildman–Crippen MR) is 95.1 cm³/mol. The number of hydrogen-bond acceptors (Lipinski definition) is 2. The van der Waals surface area contributed by atoms with E-state index in [-0.39, 0.29) is 5.41 Å². The number of benzene rings is 2. The van der Waals surface area contributed by atoms with Crippen LogP contribution in [-0.2, 0) is 21.9 Å². The maximum atomic E-state index is 12.3. The summed E-state index contributed by atoms with van der Waals surface area (Å²) in [4.78, 5) is 0.324. The van der Waals surface area contributed by atoms with Crippen LogP contribution in [-0.4, -0.2) is 15.0 Å². The zero-order valence-electron chi connectivity index (χ0n) is 14.0. The summed E-state index contributed by atoms with van der Waals surface area (Å²) in [7, 11) is -3.43. The molecule has 0 amide bonds. The Hall–Kier alpha value is -1.65. The van der Waals surface area contributed by atoms with Gasteiger partial charge in [-0.3, -0.25) is 0 Å². The van der Waals surface area contributed by atoms with E-state index in [1.165, 1.54) is 5.56 Å². The van der Waals surface area contributed by atoms with Crippen LogP contribution in [0, 0.1) is 0 Å². The number of rotatable bonds is 6. The SMILES string of the molecule is CC(C)(C)c1ccc(S(=O)(=O)NCCCc2ccccc2)cc1. The normalized spacial score (nSPS) is 12.3. The molecule has 23 heavy (non-hydrogen) atoms. The van der Waals surface area contributed by atoms with Crippen molar-refractivity contribution in [1.29, 1.82) is 0 Å². The summed E-state index contributed by atoms with van der Waals surface area (Å²) in [5, 5.41) is 0. The van der Waals surface area contributed by atoms with Crippen LogP contribution < -0.4 is 4.72 Å². The average molecular weight is 331 g/mol. The Bertz CT molecular complexity index is 714. The van der Waals surface area contributed by atoms with Gasteiger partial charge in [-0.1, -0.05) is 63.2 Å². The zero-order valence-corrected chi connectivity index (χ0v) is 14.9. The fourth-order valence-electron chi connectivity index (χ4n) is 2.36. The summed E-state index contributed by atoms with van der Waals surface area (Å²) >= 11 is 0. The van der Waals surface area contributed by atoms with Crippen LogP contribution in [0.5, 0.6) is 0 Å². The molecule has 0 unspecified atom stereocenters. The maximum absolute atomic E-state index is 12.3. The molecule has 0 bridgehead atoms. The first-order valence-electron chi connectivity index (χ1n) is 7.93. The summed E-state index contributed by atoms with van der Waals surface area (Å²) in [6.07, 6.45) is 1.65. The minimum absolute atomic E-state index is 0.0193. The molecule has 0 radical (unpaired) electrons. The largest absolute Gasteiger partial charge is 0.240 e. The van der Waals surface area contributed by atoms with Gasteiger partial charge in [0.05, 0.1) is 4.90 Å². The average Bonchev–Trinajstić information content (AvgIpc) is 2.52. The number of hydrogen-bond donors (Lipinski definition) is 1. The van der Waals surface area contributed by atoms with Crippen LogP contribution in [0.15, 0.2) is 59.5 Å². The van der Waals surface area contributed by atoms with Gasteiger partial charge in [0.25, 0.3) is 0 Å². The van der Waals surface area contributed by atoms with Gasteiger partial charge in [-0.25, -0.2) is 13.1 Å². The first-order valence-corrected chi connectivity index (χ1v) is 9.41. The first kappa shape index (κ1) is 17.7. The summed E-state index contributed by atoms with van der Waals surface area (Å²) < 4.78 is 27.3. The molecule has 0 spiro atoms. The molecule has 0 aliphatic carbocycles. The highest BCUT2D eigenvalue weighted by Crippen LogP contribution is 2.23. The van der Waals surface area contributed by atoms with Crippen LogP contribution in [0.4, 0.5) is 0 Å². The topological polar surface area (TPSA) is 46.2 Å². The van der Waals surface area contributed by atoms with Crippen LogP contribution >= 0.6 is 0 Å². The van der Waals surface area contributed by atoms with Crippen LogP contribution in [0.1, 0.15) is 38.3 Å². The van der Waals surface area contributed by atoms with Crippen molar-refractivity contribution in [3.05, 3.63) is 65.7 Å². The van der Waals surface area contributed by atoms with Gasteiger partial charge in [-0.2, -0.15) is 0 Å². The second-order valence-corrected chi connectivity index (χ2v) is 8.53. The summed E-state index contributed by atoms with van der Waals surface area (Å²) in [5.74, 6) is 0. The second kappa shape index (κ2) is 7.28. The van der Waals surface area contributed by atoms with Crippen molar-refractivity contribution < 1.29 is 8.42 Å². The van der Waals surface area contributed by atoms with Crippen molar-refractivity contribution in [3.63, 3.8) is 0 Å². The van der Waals surface area contributed by atoms with Gasteiger partial charge < -0.3 is 0 Å². The summed E-state index contributed by atoms with van der Waals surface area (Å²) in [6, 6.07) is 17.2. The highest BCUT2D eigenvalue weighted by atomic mass is 32.2. The summed E-state index contributed by atoms with van der Waals surface area (Å²) in [6.45, 7) is 6.77. The van der Waals surface area contributed by atoms with Gasteiger partial charge in [0.1, 0.15) is 0 Å². The lowest BCUT2D eigenvalue weighted by Gasteiger charge is -2.19. The molecule has 3 nitrogen and oxygen atoms in total. The Morgan fingerprint density at radius 3 is 2.09 bits per heavy atom. The molecule has 0 aliphatic heterocycles. The van der Waals surface area contributed by atoms with E-state index in [9.17, 15) is 8.42 Å².